The lowest BCUT2D eigenvalue weighted by atomic mass is 10.2. The van der Waals surface area contributed by atoms with Gasteiger partial charge in [-0.3, -0.25) is 10.7 Å². The van der Waals surface area contributed by atoms with Crippen LogP contribution in [-0.2, 0) is 4.74 Å². The molecule has 2 N–H and O–H groups in total. The van der Waals surface area contributed by atoms with E-state index >= 15 is 0 Å². The van der Waals surface area contributed by atoms with Crippen molar-refractivity contribution in [2.75, 3.05) is 0 Å². The summed E-state index contributed by atoms with van der Waals surface area (Å²) in [6.45, 7) is 7.19. The molecule has 0 rings (SSSR count). The zero-order valence-electron chi connectivity index (χ0n) is 7.97. The zero-order valence-corrected chi connectivity index (χ0v) is 7.97. The third-order valence-electron chi connectivity index (χ3n) is 1.16. The highest BCUT2D eigenvalue weighted by Gasteiger charge is 2.09. The van der Waals surface area contributed by atoms with E-state index in [-0.39, 0.29) is 17.9 Å². The van der Waals surface area contributed by atoms with Gasteiger partial charge in [0.2, 0.25) is 0 Å². The van der Waals surface area contributed by atoms with E-state index in [0.717, 1.165) is 0 Å². The Morgan fingerprint density at radius 1 is 1.33 bits per heavy atom. The predicted octanol–water partition coefficient (Wildman–Crippen LogP) is 1.75. The second-order valence-corrected chi connectivity index (χ2v) is 3.15. The molecule has 0 unspecified atom stereocenters. The number of hydrogen-bond donors (Lipinski definition) is 2. The summed E-state index contributed by atoms with van der Waals surface area (Å²) in [7, 11) is 0. The Bertz CT molecular complexity index is 176. The van der Waals surface area contributed by atoms with Crippen LogP contribution in [0, 0.1) is 11.3 Å². The number of alkyl carbamates (subject to hydrolysis) is 1. The summed E-state index contributed by atoms with van der Waals surface area (Å²) in [6.07, 6.45) is -0.700. The van der Waals surface area contributed by atoms with Crippen LogP contribution in [0.15, 0.2) is 0 Å². The lowest BCUT2D eigenvalue weighted by molar-refractivity contribution is 0.120. The van der Waals surface area contributed by atoms with E-state index in [9.17, 15) is 4.79 Å². The van der Waals surface area contributed by atoms with Gasteiger partial charge in [0.1, 0.15) is 5.84 Å². The molecule has 0 aromatic carbocycles. The smallest absolute Gasteiger partial charge is 0.412 e. The second-order valence-electron chi connectivity index (χ2n) is 3.15. The summed E-state index contributed by atoms with van der Waals surface area (Å²) in [6, 6.07) is 0. The van der Waals surface area contributed by atoms with Gasteiger partial charge in [-0.05, 0) is 13.8 Å². The molecule has 12 heavy (non-hydrogen) atoms. The topological polar surface area (TPSA) is 62.2 Å². The second kappa shape index (κ2) is 4.74. The largest absolute Gasteiger partial charge is 0.447 e. The van der Waals surface area contributed by atoms with Gasteiger partial charge < -0.3 is 4.74 Å². The van der Waals surface area contributed by atoms with Gasteiger partial charge in [0.15, 0.2) is 0 Å². The van der Waals surface area contributed by atoms with E-state index in [1.807, 2.05) is 13.8 Å². The summed E-state index contributed by atoms with van der Waals surface area (Å²) in [5.74, 6) is 0.199. The third-order valence-corrected chi connectivity index (χ3v) is 1.16. The summed E-state index contributed by atoms with van der Waals surface area (Å²) >= 11 is 0. The highest BCUT2D eigenvalue weighted by atomic mass is 16.6. The van der Waals surface area contributed by atoms with Gasteiger partial charge in [0, 0.05) is 5.92 Å². The molecule has 0 saturated carbocycles. The maximum atomic E-state index is 10.9. The molecule has 0 aromatic heterocycles. The minimum absolute atomic E-state index is 0.0183. The first-order valence-corrected chi connectivity index (χ1v) is 3.99. The molecule has 0 bridgehead atoms. The van der Waals surface area contributed by atoms with Gasteiger partial charge in [0.05, 0.1) is 6.10 Å². The highest BCUT2D eigenvalue weighted by Crippen LogP contribution is 1.93. The molecule has 4 nitrogen and oxygen atoms in total. The molecule has 0 aromatic rings. The minimum atomic E-state index is -0.552. The van der Waals surface area contributed by atoms with Crippen LogP contribution < -0.4 is 5.32 Å². The highest BCUT2D eigenvalue weighted by molar-refractivity contribution is 5.94. The SMILES string of the molecule is CC(C)OC(=O)NC(=N)C(C)C. The summed E-state index contributed by atoms with van der Waals surface area (Å²) in [5.41, 5.74) is 0. The van der Waals surface area contributed by atoms with E-state index in [1.165, 1.54) is 0 Å². The van der Waals surface area contributed by atoms with Crippen molar-refractivity contribution in [3.8, 4) is 0 Å². The van der Waals surface area contributed by atoms with Gasteiger partial charge in [-0.25, -0.2) is 4.79 Å². The Morgan fingerprint density at radius 3 is 2.17 bits per heavy atom. The maximum absolute atomic E-state index is 10.9. The van der Waals surface area contributed by atoms with Crippen molar-refractivity contribution in [3.63, 3.8) is 0 Å². The van der Waals surface area contributed by atoms with Gasteiger partial charge in [-0.1, -0.05) is 13.8 Å². The van der Waals surface area contributed by atoms with Crippen molar-refractivity contribution in [1.29, 1.82) is 5.41 Å². The number of hydrogen-bond acceptors (Lipinski definition) is 3. The van der Waals surface area contributed by atoms with Crippen LogP contribution in [0.25, 0.3) is 0 Å². The fraction of sp³-hybridized carbons (Fsp3) is 0.750. The fourth-order valence-corrected chi connectivity index (χ4v) is 0.498. The van der Waals surface area contributed by atoms with Gasteiger partial charge in [-0.2, -0.15) is 0 Å². The molecule has 0 radical (unpaired) electrons. The van der Waals surface area contributed by atoms with E-state index in [4.69, 9.17) is 10.1 Å². The molecule has 0 spiro atoms. The van der Waals surface area contributed by atoms with Crippen molar-refractivity contribution in [2.24, 2.45) is 5.92 Å². The van der Waals surface area contributed by atoms with E-state index < -0.39 is 6.09 Å². The number of carbonyl (C=O) groups excluding carboxylic acids is 1. The molecule has 70 valence electrons. The first-order valence-electron chi connectivity index (χ1n) is 3.99. The van der Waals surface area contributed by atoms with Crippen molar-refractivity contribution >= 4 is 11.9 Å². The van der Waals surface area contributed by atoms with E-state index in [1.54, 1.807) is 13.8 Å². The third kappa shape index (κ3) is 4.71. The molecule has 4 heteroatoms. The summed E-state index contributed by atoms with van der Waals surface area (Å²) in [4.78, 5) is 10.9. The quantitative estimate of drug-likeness (QED) is 0.492. The summed E-state index contributed by atoms with van der Waals surface area (Å²) < 4.78 is 4.78. The van der Waals surface area contributed by atoms with Gasteiger partial charge in [0.25, 0.3) is 0 Å². The number of ether oxygens (including phenoxy) is 1. The lowest BCUT2D eigenvalue weighted by Gasteiger charge is -2.11. The molecule has 0 aliphatic heterocycles. The van der Waals surface area contributed by atoms with Gasteiger partial charge in [-0.15, -0.1) is 0 Å². The Labute approximate surface area is 72.8 Å². The van der Waals surface area contributed by atoms with Crippen LogP contribution in [0.3, 0.4) is 0 Å². The van der Waals surface area contributed by atoms with Crippen LogP contribution in [0.1, 0.15) is 27.7 Å². The molecular formula is C8H16N2O2. The molecule has 0 saturated heterocycles. The number of amides is 1. The molecular weight excluding hydrogens is 156 g/mol. The predicted molar refractivity (Wildman–Crippen MR) is 47.3 cm³/mol. The lowest BCUT2D eigenvalue weighted by Crippen LogP contribution is -2.34. The zero-order chi connectivity index (χ0) is 9.72. The first kappa shape index (κ1) is 10.9. The number of carbonyl (C=O) groups is 1. The normalized spacial score (nSPS) is 10.2. The first-order chi connectivity index (χ1) is 5.43. The number of rotatable bonds is 2. The molecule has 0 aliphatic carbocycles. The molecule has 0 aliphatic rings. The maximum Gasteiger partial charge on any atom is 0.412 e. The van der Waals surface area contributed by atoms with Gasteiger partial charge >= 0.3 is 6.09 Å². The van der Waals surface area contributed by atoms with Crippen molar-refractivity contribution in [3.05, 3.63) is 0 Å². The Hall–Kier alpha value is -1.06. The number of nitrogens with one attached hydrogen (secondary N) is 2. The molecule has 0 heterocycles. The van der Waals surface area contributed by atoms with Crippen LogP contribution in [0.2, 0.25) is 0 Å². The molecule has 1 amide bonds. The van der Waals surface area contributed by atoms with E-state index in [2.05, 4.69) is 5.32 Å². The standard InChI is InChI=1S/C8H16N2O2/c1-5(2)7(9)10-8(11)12-6(3)4/h5-6H,1-4H3,(H2,9,10,11). The van der Waals surface area contributed by atoms with Crippen LogP contribution in [0.4, 0.5) is 4.79 Å². The summed E-state index contributed by atoms with van der Waals surface area (Å²) in [5, 5.41) is 9.64. The van der Waals surface area contributed by atoms with E-state index in [0.29, 0.717) is 0 Å². The fourth-order valence-electron chi connectivity index (χ4n) is 0.498. The van der Waals surface area contributed by atoms with Crippen molar-refractivity contribution in [2.45, 2.75) is 33.8 Å². The Balaban J connectivity index is 3.77. The minimum Gasteiger partial charge on any atom is -0.447 e. The van der Waals surface area contributed by atoms with Crippen molar-refractivity contribution in [1.82, 2.24) is 5.32 Å². The van der Waals surface area contributed by atoms with Crippen LogP contribution in [0.5, 0.6) is 0 Å². The van der Waals surface area contributed by atoms with Crippen LogP contribution in [-0.4, -0.2) is 18.0 Å². The molecule has 0 atom stereocenters. The van der Waals surface area contributed by atoms with Crippen molar-refractivity contribution < 1.29 is 9.53 Å². The average Bonchev–Trinajstić information content (AvgIpc) is 1.84. The Morgan fingerprint density at radius 2 is 1.83 bits per heavy atom. The average molecular weight is 172 g/mol. The number of amidine groups is 1. The monoisotopic (exact) mass is 172 g/mol. The Kier molecular flexibility index (Phi) is 4.33. The molecule has 0 fully saturated rings. The van der Waals surface area contributed by atoms with Crippen LogP contribution >= 0.6 is 0 Å².